The Hall–Kier alpha value is -0.800. The predicted molar refractivity (Wildman–Crippen MR) is 64.9 cm³/mol. The van der Waals surface area contributed by atoms with Gasteiger partial charge in [0, 0.05) is 24.2 Å². The third kappa shape index (κ3) is 2.15. The van der Waals surface area contributed by atoms with Gasteiger partial charge in [-0.2, -0.15) is 0 Å². The van der Waals surface area contributed by atoms with E-state index >= 15 is 0 Å². The Kier molecular flexibility index (Phi) is 3.66. The Bertz CT molecular complexity index is 334. The standard InChI is InChI=1S/C13H22N2O/c1-3-12-5-4-10(2)15(12)9-13-11(8-14)6-7-16-13/h6-7,10,12H,3-5,8-9,14H2,1-2H3. The Morgan fingerprint density at radius 3 is 3.00 bits per heavy atom. The molecule has 0 spiro atoms. The van der Waals surface area contributed by atoms with Crippen LogP contribution in [0.1, 0.15) is 44.4 Å². The van der Waals surface area contributed by atoms with E-state index in [4.69, 9.17) is 10.2 Å². The highest BCUT2D eigenvalue weighted by atomic mass is 16.3. The van der Waals surface area contributed by atoms with E-state index in [1.54, 1.807) is 6.26 Å². The molecule has 0 saturated carbocycles. The summed E-state index contributed by atoms with van der Waals surface area (Å²) >= 11 is 0. The molecule has 1 aromatic heterocycles. The van der Waals surface area contributed by atoms with Gasteiger partial charge >= 0.3 is 0 Å². The van der Waals surface area contributed by atoms with Gasteiger partial charge in [-0.1, -0.05) is 6.92 Å². The fraction of sp³-hybridized carbons (Fsp3) is 0.692. The topological polar surface area (TPSA) is 42.4 Å². The summed E-state index contributed by atoms with van der Waals surface area (Å²) < 4.78 is 5.54. The number of furan rings is 1. The molecule has 90 valence electrons. The lowest BCUT2D eigenvalue weighted by Crippen LogP contribution is -2.33. The summed E-state index contributed by atoms with van der Waals surface area (Å²) in [6.45, 7) is 6.06. The molecule has 16 heavy (non-hydrogen) atoms. The molecule has 2 N–H and O–H groups in total. The van der Waals surface area contributed by atoms with E-state index in [0.717, 1.165) is 17.9 Å². The minimum atomic E-state index is 0.574. The maximum Gasteiger partial charge on any atom is 0.122 e. The van der Waals surface area contributed by atoms with Crippen molar-refractivity contribution in [3.63, 3.8) is 0 Å². The fourth-order valence-electron chi connectivity index (χ4n) is 2.70. The average Bonchev–Trinajstić information content (AvgIpc) is 2.87. The molecule has 2 atom stereocenters. The summed E-state index contributed by atoms with van der Waals surface area (Å²) in [4.78, 5) is 2.55. The monoisotopic (exact) mass is 222 g/mol. The molecule has 1 saturated heterocycles. The van der Waals surface area contributed by atoms with Gasteiger partial charge in [0.2, 0.25) is 0 Å². The van der Waals surface area contributed by atoms with Crippen LogP contribution >= 0.6 is 0 Å². The average molecular weight is 222 g/mol. The van der Waals surface area contributed by atoms with Crippen molar-refractivity contribution in [1.29, 1.82) is 0 Å². The van der Waals surface area contributed by atoms with Crippen molar-refractivity contribution in [2.75, 3.05) is 0 Å². The lowest BCUT2D eigenvalue weighted by molar-refractivity contribution is 0.174. The predicted octanol–water partition coefficient (Wildman–Crippen LogP) is 2.50. The van der Waals surface area contributed by atoms with Crippen LogP contribution in [0, 0.1) is 0 Å². The second kappa shape index (κ2) is 5.02. The normalized spacial score (nSPS) is 26.4. The maximum atomic E-state index is 5.69. The van der Waals surface area contributed by atoms with Crippen LogP contribution in [0.4, 0.5) is 0 Å². The second-order valence-electron chi connectivity index (χ2n) is 4.73. The zero-order valence-corrected chi connectivity index (χ0v) is 10.3. The second-order valence-corrected chi connectivity index (χ2v) is 4.73. The first-order valence-corrected chi connectivity index (χ1v) is 6.27. The smallest absolute Gasteiger partial charge is 0.122 e. The summed E-state index contributed by atoms with van der Waals surface area (Å²) in [7, 11) is 0. The van der Waals surface area contributed by atoms with Gasteiger partial charge in [-0.3, -0.25) is 4.90 Å². The minimum absolute atomic E-state index is 0.574. The van der Waals surface area contributed by atoms with Crippen molar-refractivity contribution in [3.8, 4) is 0 Å². The highest BCUT2D eigenvalue weighted by molar-refractivity contribution is 5.16. The first kappa shape index (κ1) is 11.7. The molecule has 2 rings (SSSR count). The van der Waals surface area contributed by atoms with Crippen molar-refractivity contribution in [1.82, 2.24) is 4.90 Å². The quantitative estimate of drug-likeness (QED) is 0.851. The molecular formula is C13H22N2O. The van der Waals surface area contributed by atoms with Crippen LogP contribution in [0.15, 0.2) is 16.7 Å². The Morgan fingerprint density at radius 2 is 2.31 bits per heavy atom. The number of likely N-dealkylation sites (tertiary alicyclic amines) is 1. The van der Waals surface area contributed by atoms with Crippen LogP contribution in [0.2, 0.25) is 0 Å². The van der Waals surface area contributed by atoms with Gasteiger partial charge in [0.25, 0.3) is 0 Å². The van der Waals surface area contributed by atoms with Crippen LogP contribution in [-0.2, 0) is 13.1 Å². The van der Waals surface area contributed by atoms with E-state index < -0.39 is 0 Å². The first-order chi connectivity index (χ1) is 7.76. The zero-order chi connectivity index (χ0) is 11.5. The van der Waals surface area contributed by atoms with E-state index in [-0.39, 0.29) is 0 Å². The van der Waals surface area contributed by atoms with Crippen LogP contribution < -0.4 is 5.73 Å². The SMILES string of the molecule is CCC1CCC(C)N1Cc1occc1CN. The highest BCUT2D eigenvalue weighted by Gasteiger charge is 2.30. The van der Waals surface area contributed by atoms with Gasteiger partial charge in [-0.05, 0) is 32.3 Å². The van der Waals surface area contributed by atoms with E-state index in [1.807, 2.05) is 6.07 Å². The highest BCUT2D eigenvalue weighted by Crippen LogP contribution is 2.28. The molecule has 0 amide bonds. The molecular weight excluding hydrogens is 200 g/mol. The van der Waals surface area contributed by atoms with E-state index in [9.17, 15) is 0 Å². The molecule has 3 heteroatoms. The number of nitrogens with two attached hydrogens (primary N) is 1. The van der Waals surface area contributed by atoms with Gasteiger partial charge in [0.15, 0.2) is 0 Å². The largest absolute Gasteiger partial charge is 0.468 e. The van der Waals surface area contributed by atoms with Gasteiger partial charge in [-0.25, -0.2) is 0 Å². The van der Waals surface area contributed by atoms with Crippen LogP contribution in [-0.4, -0.2) is 17.0 Å². The first-order valence-electron chi connectivity index (χ1n) is 6.27. The molecule has 0 radical (unpaired) electrons. The van der Waals surface area contributed by atoms with Crippen LogP contribution in [0.25, 0.3) is 0 Å². The Labute approximate surface area is 97.6 Å². The minimum Gasteiger partial charge on any atom is -0.468 e. The van der Waals surface area contributed by atoms with Gasteiger partial charge in [0.05, 0.1) is 12.8 Å². The van der Waals surface area contributed by atoms with Crippen molar-refractivity contribution in [2.24, 2.45) is 5.73 Å². The maximum absolute atomic E-state index is 5.69. The van der Waals surface area contributed by atoms with E-state index in [0.29, 0.717) is 18.6 Å². The molecule has 1 fully saturated rings. The number of hydrogen-bond donors (Lipinski definition) is 1. The number of nitrogens with zero attached hydrogens (tertiary/aromatic N) is 1. The molecule has 1 aliphatic rings. The molecule has 1 aliphatic heterocycles. The lowest BCUT2D eigenvalue weighted by atomic mass is 10.1. The summed E-state index contributed by atoms with van der Waals surface area (Å²) in [6.07, 6.45) is 5.59. The Morgan fingerprint density at radius 1 is 1.50 bits per heavy atom. The summed E-state index contributed by atoms with van der Waals surface area (Å²) in [6, 6.07) is 3.36. The molecule has 1 aromatic rings. The summed E-state index contributed by atoms with van der Waals surface area (Å²) in [5.41, 5.74) is 6.84. The molecule has 0 bridgehead atoms. The Balaban J connectivity index is 2.08. The fourth-order valence-corrected chi connectivity index (χ4v) is 2.70. The van der Waals surface area contributed by atoms with Gasteiger partial charge < -0.3 is 10.2 Å². The van der Waals surface area contributed by atoms with E-state index in [1.165, 1.54) is 19.3 Å². The van der Waals surface area contributed by atoms with Crippen molar-refractivity contribution >= 4 is 0 Å². The zero-order valence-electron chi connectivity index (χ0n) is 10.3. The summed E-state index contributed by atoms with van der Waals surface area (Å²) in [5.74, 6) is 1.05. The van der Waals surface area contributed by atoms with Crippen LogP contribution in [0.3, 0.4) is 0 Å². The number of hydrogen-bond acceptors (Lipinski definition) is 3. The third-order valence-corrected chi connectivity index (χ3v) is 3.81. The number of rotatable bonds is 4. The van der Waals surface area contributed by atoms with Crippen molar-refractivity contribution in [3.05, 3.63) is 23.7 Å². The molecule has 2 heterocycles. The van der Waals surface area contributed by atoms with Gasteiger partial charge in [0.1, 0.15) is 5.76 Å². The molecule has 3 nitrogen and oxygen atoms in total. The molecule has 0 aliphatic carbocycles. The molecule has 2 unspecified atom stereocenters. The van der Waals surface area contributed by atoms with E-state index in [2.05, 4.69) is 18.7 Å². The third-order valence-electron chi connectivity index (χ3n) is 3.81. The van der Waals surface area contributed by atoms with Crippen LogP contribution in [0.5, 0.6) is 0 Å². The lowest BCUT2D eigenvalue weighted by Gasteiger charge is -2.26. The molecule has 0 aromatic carbocycles. The van der Waals surface area contributed by atoms with Crippen molar-refractivity contribution < 1.29 is 4.42 Å². The van der Waals surface area contributed by atoms with Crippen molar-refractivity contribution in [2.45, 2.75) is 58.3 Å². The summed E-state index contributed by atoms with van der Waals surface area (Å²) in [5, 5.41) is 0. The van der Waals surface area contributed by atoms with Gasteiger partial charge in [-0.15, -0.1) is 0 Å².